The molecule has 1 heterocycles. The molecule has 0 amide bonds. The number of morpholine rings is 1. The van der Waals surface area contributed by atoms with E-state index in [0.29, 0.717) is 23.3 Å². The second kappa shape index (κ2) is 12.8. The second-order valence-corrected chi connectivity index (χ2v) is 10.1. The van der Waals surface area contributed by atoms with Crippen molar-refractivity contribution in [2.24, 2.45) is 0 Å². The van der Waals surface area contributed by atoms with Crippen molar-refractivity contribution in [3.8, 4) is 16.9 Å². The highest BCUT2D eigenvalue weighted by Gasteiger charge is 2.13. The lowest BCUT2D eigenvalue weighted by atomic mass is 9.91. The van der Waals surface area contributed by atoms with Gasteiger partial charge < -0.3 is 9.47 Å². The molecule has 0 bridgehead atoms. The highest BCUT2D eigenvalue weighted by Crippen LogP contribution is 2.33. The van der Waals surface area contributed by atoms with E-state index < -0.39 is 0 Å². The van der Waals surface area contributed by atoms with Gasteiger partial charge in [-0.3, -0.25) is 4.90 Å². The van der Waals surface area contributed by atoms with E-state index >= 15 is 0 Å². The molecule has 0 N–H and O–H groups in total. The van der Waals surface area contributed by atoms with Crippen LogP contribution in [-0.4, -0.2) is 37.7 Å². The normalized spacial score (nSPS) is 14.5. The predicted molar refractivity (Wildman–Crippen MR) is 152 cm³/mol. The van der Waals surface area contributed by atoms with Gasteiger partial charge in [0.15, 0.2) is 0 Å². The van der Waals surface area contributed by atoms with Gasteiger partial charge in [-0.25, -0.2) is 0 Å². The molecule has 1 fully saturated rings. The molecule has 3 aromatic rings. The van der Waals surface area contributed by atoms with Gasteiger partial charge in [-0.15, -0.1) is 11.6 Å². The van der Waals surface area contributed by atoms with E-state index in [1.165, 1.54) is 27.8 Å². The Balaban J connectivity index is 1.48. The van der Waals surface area contributed by atoms with Gasteiger partial charge in [0.05, 0.1) is 18.2 Å². The van der Waals surface area contributed by atoms with Crippen LogP contribution in [-0.2, 0) is 17.2 Å². The standard InChI is InChI=1S/C31H35Cl2NO2/c1-22-18-31(30(33)19-27(22)20-32)36-21-26-10-7-12-29(24(26)3)28-11-6-9-25(23(28)2)8-4-5-13-34-14-16-35-17-15-34/h4,6-12,18-19H,5,13-17,20-21H2,1-3H3/b8-4+. The van der Waals surface area contributed by atoms with E-state index in [1.807, 2.05) is 19.1 Å². The van der Waals surface area contributed by atoms with Crippen LogP contribution < -0.4 is 4.74 Å². The highest BCUT2D eigenvalue weighted by molar-refractivity contribution is 6.32. The number of halogens is 2. The third kappa shape index (κ3) is 6.52. The van der Waals surface area contributed by atoms with Crippen molar-refractivity contribution in [1.82, 2.24) is 4.90 Å². The third-order valence-electron chi connectivity index (χ3n) is 7.04. The molecule has 190 valence electrons. The number of ether oxygens (including phenoxy) is 2. The number of rotatable bonds is 9. The Morgan fingerprint density at radius 3 is 2.42 bits per heavy atom. The summed E-state index contributed by atoms with van der Waals surface area (Å²) in [6.07, 6.45) is 5.60. The summed E-state index contributed by atoms with van der Waals surface area (Å²) in [5, 5.41) is 0.592. The average molecular weight is 525 g/mol. The molecule has 1 saturated heterocycles. The molecule has 0 unspecified atom stereocenters. The van der Waals surface area contributed by atoms with Crippen LogP contribution in [0.4, 0.5) is 0 Å². The van der Waals surface area contributed by atoms with Crippen molar-refractivity contribution >= 4 is 29.3 Å². The first-order valence-corrected chi connectivity index (χ1v) is 13.5. The smallest absolute Gasteiger partial charge is 0.138 e. The van der Waals surface area contributed by atoms with Crippen molar-refractivity contribution in [3.63, 3.8) is 0 Å². The number of alkyl halides is 1. The molecular formula is C31H35Cl2NO2. The summed E-state index contributed by atoms with van der Waals surface area (Å²) in [6, 6.07) is 16.8. The number of aryl methyl sites for hydroxylation is 1. The minimum atomic E-state index is 0.439. The zero-order chi connectivity index (χ0) is 25.5. The van der Waals surface area contributed by atoms with E-state index in [1.54, 1.807) is 0 Å². The van der Waals surface area contributed by atoms with Gasteiger partial charge in [0.2, 0.25) is 0 Å². The van der Waals surface area contributed by atoms with Crippen molar-refractivity contribution in [2.45, 2.75) is 39.7 Å². The van der Waals surface area contributed by atoms with Crippen molar-refractivity contribution in [2.75, 3.05) is 32.8 Å². The number of benzene rings is 3. The van der Waals surface area contributed by atoms with E-state index in [4.69, 9.17) is 32.7 Å². The molecular weight excluding hydrogens is 489 g/mol. The van der Waals surface area contributed by atoms with E-state index in [-0.39, 0.29) is 0 Å². The molecule has 1 aliphatic rings. The van der Waals surface area contributed by atoms with Crippen LogP contribution in [0.3, 0.4) is 0 Å². The first kappa shape index (κ1) is 26.8. The largest absolute Gasteiger partial charge is 0.487 e. The molecule has 1 aliphatic heterocycles. The molecule has 0 aromatic heterocycles. The Morgan fingerprint density at radius 1 is 0.944 bits per heavy atom. The molecule has 4 rings (SSSR count). The zero-order valence-corrected chi connectivity index (χ0v) is 23.0. The van der Waals surface area contributed by atoms with Crippen molar-refractivity contribution < 1.29 is 9.47 Å². The fourth-order valence-electron chi connectivity index (χ4n) is 4.66. The predicted octanol–water partition coefficient (Wildman–Crippen LogP) is 7.99. The van der Waals surface area contributed by atoms with E-state index in [2.05, 4.69) is 67.3 Å². The van der Waals surface area contributed by atoms with Crippen LogP contribution in [0.2, 0.25) is 5.02 Å². The van der Waals surface area contributed by atoms with Gasteiger partial charge in [-0.1, -0.05) is 60.2 Å². The Hall–Kier alpha value is -2.30. The summed E-state index contributed by atoms with van der Waals surface area (Å²) >= 11 is 12.5. The molecule has 0 atom stereocenters. The molecule has 0 spiro atoms. The summed E-state index contributed by atoms with van der Waals surface area (Å²) < 4.78 is 11.6. The maximum atomic E-state index is 6.45. The Labute approximate surface area is 225 Å². The Morgan fingerprint density at radius 2 is 1.67 bits per heavy atom. The van der Waals surface area contributed by atoms with Gasteiger partial charge in [0.25, 0.3) is 0 Å². The lowest BCUT2D eigenvalue weighted by Gasteiger charge is -2.25. The maximum Gasteiger partial charge on any atom is 0.138 e. The van der Waals surface area contributed by atoms with Gasteiger partial charge in [0.1, 0.15) is 12.4 Å². The number of nitrogens with zero attached hydrogens (tertiary/aromatic N) is 1. The third-order valence-corrected chi connectivity index (χ3v) is 7.63. The maximum absolute atomic E-state index is 6.45. The van der Waals surface area contributed by atoms with Crippen LogP contribution in [0.5, 0.6) is 5.75 Å². The topological polar surface area (TPSA) is 21.7 Å². The van der Waals surface area contributed by atoms with Crippen LogP contribution >= 0.6 is 23.2 Å². The summed E-state index contributed by atoms with van der Waals surface area (Å²) in [5.74, 6) is 1.13. The number of hydrogen-bond donors (Lipinski definition) is 0. The molecule has 3 nitrogen and oxygen atoms in total. The summed E-state index contributed by atoms with van der Waals surface area (Å²) in [5.41, 5.74) is 9.52. The fraction of sp³-hybridized carbons (Fsp3) is 0.355. The van der Waals surface area contributed by atoms with E-state index in [9.17, 15) is 0 Å². The highest BCUT2D eigenvalue weighted by atomic mass is 35.5. The quantitative estimate of drug-likeness (QED) is 0.265. The molecule has 3 aromatic carbocycles. The van der Waals surface area contributed by atoms with Gasteiger partial charge in [0, 0.05) is 25.5 Å². The first-order chi connectivity index (χ1) is 17.5. The van der Waals surface area contributed by atoms with Gasteiger partial charge in [-0.05, 0) is 83.8 Å². The monoisotopic (exact) mass is 523 g/mol. The Kier molecular flexibility index (Phi) is 9.50. The van der Waals surface area contributed by atoms with Crippen molar-refractivity contribution in [1.29, 1.82) is 0 Å². The SMILES string of the molecule is Cc1cc(OCc2cccc(-c3cccc(/C=C/CCN4CCOCC4)c3C)c2C)c(Cl)cc1CCl. The van der Waals surface area contributed by atoms with Gasteiger partial charge >= 0.3 is 0 Å². The lowest BCUT2D eigenvalue weighted by molar-refractivity contribution is 0.0387. The fourth-order valence-corrected chi connectivity index (χ4v) is 5.18. The molecule has 0 saturated carbocycles. The molecule has 0 aliphatic carbocycles. The summed E-state index contributed by atoms with van der Waals surface area (Å²) in [6.45, 7) is 11.7. The molecule has 0 radical (unpaired) electrons. The zero-order valence-electron chi connectivity index (χ0n) is 21.4. The number of hydrogen-bond acceptors (Lipinski definition) is 3. The van der Waals surface area contributed by atoms with E-state index in [0.717, 1.165) is 56.0 Å². The molecule has 5 heteroatoms. The van der Waals surface area contributed by atoms with Crippen LogP contribution in [0, 0.1) is 20.8 Å². The average Bonchev–Trinajstić information content (AvgIpc) is 2.89. The summed E-state index contributed by atoms with van der Waals surface area (Å²) in [4.78, 5) is 2.47. The van der Waals surface area contributed by atoms with Gasteiger partial charge in [-0.2, -0.15) is 0 Å². The Bertz CT molecular complexity index is 1220. The second-order valence-electron chi connectivity index (χ2n) is 9.39. The minimum Gasteiger partial charge on any atom is -0.487 e. The first-order valence-electron chi connectivity index (χ1n) is 12.6. The van der Waals surface area contributed by atoms with Crippen LogP contribution in [0.15, 0.2) is 54.6 Å². The van der Waals surface area contributed by atoms with Crippen LogP contribution in [0.1, 0.15) is 39.8 Å². The van der Waals surface area contributed by atoms with Crippen LogP contribution in [0.25, 0.3) is 17.2 Å². The molecule has 36 heavy (non-hydrogen) atoms. The summed E-state index contributed by atoms with van der Waals surface area (Å²) in [7, 11) is 0. The lowest BCUT2D eigenvalue weighted by Crippen LogP contribution is -2.36. The van der Waals surface area contributed by atoms with Crippen molar-refractivity contribution in [3.05, 3.63) is 93.0 Å². The minimum absolute atomic E-state index is 0.439.